The van der Waals surface area contributed by atoms with Gasteiger partial charge in [0.15, 0.2) is 16.6 Å². The van der Waals surface area contributed by atoms with E-state index in [4.69, 9.17) is 4.98 Å². The maximum Gasteiger partial charge on any atom is 0.295 e. The Hall–Kier alpha value is -2.94. The van der Waals surface area contributed by atoms with Crippen LogP contribution in [0.5, 0.6) is 0 Å². The van der Waals surface area contributed by atoms with Crippen LogP contribution in [0.3, 0.4) is 0 Å². The van der Waals surface area contributed by atoms with Crippen LogP contribution in [-0.2, 0) is 7.05 Å². The third-order valence-corrected chi connectivity index (χ3v) is 5.57. The third-order valence-electron chi connectivity index (χ3n) is 5.57. The normalized spacial score (nSPS) is 12.2. The first-order chi connectivity index (χ1) is 12.6. The number of nitrogens with zero attached hydrogens (tertiary/aromatic N) is 3. The van der Waals surface area contributed by atoms with Crippen LogP contribution < -0.4 is 4.57 Å². The van der Waals surface area contributed by atoms with Crippen molar-refractivity contribution >= 4 is 38.5 Å². The largest absolute Gasteiger partial charge is 0.295 e. The summed E-state index contributed by atoms with van der Waals surface area (Å²) < 4.78 is 4.69. The second-order valence-electron chi connectivity index (χ2n) is 7.45. The number of rotatable bonds is 1. The molecule has 0 saturated heterocycles. The molecule has 2 aromatic carbocycles. The molecule has 5 aromatic rings. The van der Waals surface area contributed by atoms with E-state index in [1.165, 1.54) is 44.1 Å². The van der Waals surface area contributed by atoms with Crippen LogP contribution >= 0.6 is 0 Å². The molecule has 0 aliphatic rings. The molecule has 3 aromatic heterocycles. The Morgan fingerprint density at radius 1 is 0.923 bits per heavy atom. The lowest BCUT2D eigenvalue weighted by atomic mass is 9.93. The van der Waals surface area contributed by atoms with Gasteiger partial charge in [-0.1, -0.05) is 38.1 Å². The lowest BCUT2D eigenvalue weighted by Gasteiger charge is -2.13. The Labute approximate surface area is 152 Å². The fourth-order valence-corrected chi connectivity index (χ4v) is 4.36. The average molecular weight is 340 g/mol. The Kier molecular flexibility index (Phi) is 3.11. The van der Waals surface area contributed by atoms with Gasteiger partial charge in [-0.2, -0.15) is 4.40 Å². The van der Waals surface area contributed by atoms with Crippen LogP contribution in [0, 0.1) is 6.92 Å². The highest BCUT2D eigenvalue weighted by atomic mass is 15.1. The summed E-state index contributed by atoms with van der Waals surface area (Å²) in [5, 5.41) is 2.60. The molecule has 0 bridgehead atoms. The lowest BCUT2D eigenvalue weighted by molar-refractivity contribution is -0.617. The van der Waals surface area contributed by atoms with Crippen molar-refractivity contribution in [3.63, 3.8) is 0 Å². The molecule has 0 fully saturated rings. The predicted octanol–water partition coefficient (Wildman–Crippen LogP) is 5.05. The van der Waals surface area contributed by atoms with Crippen LogP contribution in [0.25, 0.3) is 38.5 Å². The van der Waals surface area contributed by atoms with E-state index in [0.29, 0.717) is 5.92 Å². The molecule has 0 aliphatic heterocycles. The number of imidazole rings is 1. The Balaban J connectivity index is 2.25. The molecular formula is C23H22N3+. The van der Waals surface area contributed by atoms with Crippen molar-refractivity contribution in [2.45, 2.75) is 26.7 Å². The first-order valence-corrected chi connectivity index (χ1v) is 9.18. The van der Waals surface area contributed by atoms with E-state index in [1.807, 2.05) is 12.3 Å². The predicted molar refractivity (Wildman–Crippen MR) is 108 cm³/mol. The van der Waals surface area contributed by atoms with Crippen LogP contribution in [-0.4, -0.2) is 9.38 Å². The maximum atomic E-state index is 4.83. The molecule has 128 valence electrons. The molecular weight excluding hydrogens is 318 g/mol. The number of fused-ring (bicyclic) bond motifs is 8. The zero-order chi connectivity index (χ0) is 18.0. The third kappa shape index (κ3) is 1.83. The Bertz CT molecular complexity index is 1330. The summed E-state index contributed by atoms with van der Waals surface area (Å²) >= 11 is 0. The van der Waals surface area contributed by atoms with Gasteiger partial charge in [0.1, 0.15) is 5.52 Å². The standard InChI is InChI=1S/C23H22N3/c1-14(2)16-12-11-15(3)20-21(16)22-19(10-7-13-24-22)26-18-9-6-5-8-17(18)25(4)23(20)26/h5-14H,1-4H3/q+1. The highest BCUT2D eigenvalue weighted by molar-refractivity contribution is 6.13. The summed E-state index contributed by atoms with van der Waals surface area (Å²) in [6.45, 7) is 6.73. The molecule has 0 radical (unpaired) electrons. The van der Waals surface area contributed by atoms with Gasteiger partial charge in [0.2, 0.25) is 0 Å². The molecule has 3 heteroatoms. The van der Waals surface area contributed by atoms with Crippen molar-refractivity contribution in [3.05, 3.63) is 65.9 Å². The van der Waals surface area contributed by atoms with Crippen molar-refractivity contribution in [2.75, 3.05) is 0 Å². The highest BCUT2D eigenvalue weighted by Crippen LogP contribution is 2.36. The van der Waals surface area contributed by atoms with Gasteiger partial charge in [-0.05, 0) is 48.2 Å². The molecule has 3 nitrogen and oxygen atoms in total. The number of hydrogen-bond donors (Lipinski definition) is 0. The first kappa shape index (κ1) is 15.3. The monoisotopic (exact) mass is 340 g/mol. The minimum absolute atomic E-state index is 0.445. The summed E-state index contributed by atoms with van der Waals surface area (Å²) in [7, 11) is 2.17. The molecule has 0 aliphatic carbocycles. The van der Waals surface area contributed by atoms with E-state index in [9.17, 15) is 0 Å². The molecule has 5 rings (SSSR count). The molecule has 0 spiro atoms. The van der Waals surface area contributed by atoms with Crippen LogP contribution in [0.2, 0.25) is 0 Å². The molecule has 0 saturated carbocycles. The maximum absolute atomic E-state index is 4.83. The fraction of sp³-hybridized carbons (Fsp3) is 0.217. The van der Waals surface area contributed by atoms with Gasteiger partial charge in [-0.3, -0.25) is 4.98 Å². The number of benzene rings is 2. The van der Waals surface area contributed by atoms with Crippen molar-refractivity contribution in [1.29, 1.82) is 0 Å². The zero-order valence-corrected chi connectivity index (χ0v) is 15.6. The van der Waals surface area contributed by atoms with Crippen molar-refractivity contribution in [1.82, 2.24) is 9.38 Å². The quantitative estimate of drug-likeness (QED) is 0.309. The van der Waals surface area contributed by atoms with Crippen molar-refractivity contribution in [3.8, 4) is 0 Å². The van der Waals surface area contributed by atoms with E-state index in [2.05, 4.69) is 79.3 Å². The minimum Gasteiger partial charge on any atom is -0.252 e. The number of para-hydroxylation sites is 2. The van der Waals surface area contributed by atoms with E-state index in [0.717, 1.165) is 5.52 Å². The van der Waals surface area contributed by atoms with Crippen LogP contribution in [0.15, 0.2) is 54.7 Å². The summed E-state index contributed by atoms with van der Waals surface area (Å²) in [6, 6.07) is 17.4. The van der Waals surface area contributed by atoms with Gasteiger partial charge in [-0.25, -0.2) is 4.57 Å². The summed E-state index contributed by atoms with van der Waals surface area (Å²) in [5.74, 6) is 0.445. The molecule has 26 heavy (non-hydrogen) atoms. The average Bonchev–Trinajstić information content (AvgIpc) is 2.95. The number of pyridine rings is 2. The number of hydrogen-bond acceptors (Lipinski definition) is 1. The van der Waals surface area contributed by atoms with E-state index < -0.39 is 0 Å². The number of aromatic nitrogens is 3. The second-order valence-corrected chi connectivity index (χ2v) is 7.45. The van der Waals surface area contributed by atoms with Crippen LogP contribution in [0.1, 0.15) is 30.9 Å². The van der Waals surface area contributed by atoms with Gasteiger partial charge in [-0.15, -0.1) is 0 Å². The highest BCUT2D eigenvalue weighted by Gasteiger charge is 2.26. The lowest BCUT2D eigenvalue weighted by Crippen LogP contribution is -2.27. The SMILES string of the molecule is Cc1ccc(C(C)C)c2c3ncccc3n3c4ccccc4[n+](C)c3c12. The Morgan fingerprint density at radius 2 is 1.69 bits per heavy atom. The smallest absolute Gasteiger partial charge is 0.252 e. The second kappa shape index (κ2) is 5.28. The van der Waals surface area contributed by atoms with E-state index in [1.54, 1.807) is 0 Å². The first-order valence-electron chi connectivity index (χ1n) is 9.18. The zero-order valence-electron chi connectivity index (χ0n) is 15.6. The summed E-state index contributed by atoms with van der Waals surface area (Å²) in [5.41, 5.74) is 8.60. The number of aryl methyl sites for hydroxylation is 2. The summed E-state index contributed by atoms with van der Waals surface area (Å²) in [6.07, 6.45) is 1.91. The molecule has 0 amide bonds. The van der Waals surface area contributed by atoms with Crippen LogP contribution in [0.4, 0.5) is 0 Å². The van der Waals surface area contributed by atoms with E-state index >= 15 is 0 Å². The van der Waals surface area contributed by atoms with E-state index in [-0.39, 0.29) is 0 Å². The molecule has 0 atom stereocenters. The van der Waals surface area contributed by atoms with Gasteiger partial charge in [0.05, 0.1) is 12.4 Å². The van der Waals surface area contributed by atoms with Gasteiger partial charge < -0.3 is 0 Å². The molecule has 0 N–H and O–H groups in total. The fourth-order valence-electron chi connectivity index (χ4n) is 4.36. The van der Waals surface area contributed by atoms with Gasteiger partial charge >= 0.3 is 0 Å². The molecule has 3 heterocycles. The topological polar surface area (TPSA) is 21.2 Å². The minimum atomic E-state index is 0.445. The Morgan fingerprint density at radius 3 is 2.50 bits per heavy atom. The summed E-state index contributed by atoms with van der Waals surface area (Å²) in [4.78, 5) is 4.83. The van der Waals surface area contributed by atoms with Gasteiger partial charge in [0, 0.05) is 11.6 Å². The van der Waals surface area contributed by atoms with Crippen molar-refractivity contribution < 1.29 is 4.57 Å². The molecule has 0 unspecified atom stereocenters. The van der Waals surface area contributed by atoms with Gasteiger partial charge in [0.25, 0.3) is 5.65 Å². The van der Waals surface area contributed by atoms with Crippen molar-refractivity contribution in [2.24, 2.45) is 7.05 Å².